The van der Waals surface area contributed by atoms with E-state index in [1.165, 1.54) is 0 Å². The van der Waals surface area contributed by atoms with Crippen LogP contribution in [0.5, 0.6) is 0 Å². The summed E-state index contributed by atoms with van der Waals surface area (Å²) in [5.41, 5.74) is 5.40. The van der Waals surface area contributed by atoms with Gasteiger partial charge in [0, 0.05) is 4.48 Å². The minimum atomic E-state index is -0.706. The van der Waals surface area contributed by atoms with Crippen molar-refractivity contribution in [3.05, 3.63) is 22.7 Å². The van der Waals surface area contributed by atoms with Crippen molar-refractivity contribution in [3.63, 3.8) is 0 Å². The minimum Gasteiger partial charge on any atom is -0.378 e. The summed E-state index contributed by atoms with van der Waals surface area (Å²) in [5, 5.41) is 0. The molecule has 0 aromatic carbocycles. The zero-order chi connectivity index (χ0) is 10.9. The van der Waals surface area contributed by atoms with E-state index in [4.69, 9.17) is 10.5 Å². The van der Waals surface area contributed by atoms with Gasteiger partial charge in [0.1, 0.15) is 5.41 Å². The maximum atomic E-state index is 11.4. The Bertz CT molecular complexity index is 381. The number of hydrogen-bond acceptors (Lipinski definition) is 3. The molecule has 4 nitrogen and oxygen atoms in total. The van der Waals surface area contributed by atoms with Crippen molar-refractivity contribution in [2.75, 3.05) is 19.8 Å². The van der Waals surface area contributed by atoms with Crippen LogP contribution in [-0.4, -0.2) is 31.4 Å². The Labute approximate surface area is 96.0 Å². The Hall–Kier alpha value is -0.940. The van der Waals surface area contributed by atoms with Gasteiger partial charge in [-0.15, -0.1) is 0 Å². The third kappa shape index (κ3) is 1.77. The van der Waals surface area contributed by atoms with Crippen LogP contribution in [0.3, 0.4) is 0 Å². The number of nitrogens with zero attached hydrogens (tertiary/aromatic N) is 1. The number of carbonyl (C=O) groups excluding carboxylic acids is 1. The van der Waals surface area contributed by atoms with Crippen molar-refractivity contribution in [1.82, 2.24) is 0 Å². The molecule has 1 saturated heterocycles. The highest BCUT2D eigenvalue weighted by atomic mass is 79.9. The second-order valence-electron chi connectivity index (χ2n) is 3.59. The van der Waals surface area contributed by atoms with Gasteiger partial charge in [-0.1, -0.05) is 15.9 Å². The molecule has 5 heteroatoms. The Morgan fingerprint density at radius 2 is 2.27 bits per heavy atom. The smallest absolute Gasteiger partial charge is 0.234 e. The summed E-state index contributed by atoms with van der Waals surface area (Å²) in [6, 6.07) is 0. The predicted octanol–water partition coefficient (Wildman–Crippen LogP) is 0.778. The average molecular weight is 271 g/mol. The molecule has 0 saturated carbocycles. The SMILES string of the molecule is NC(=O)C1(C2=NCC=C(Br)C=C2)COC1. The van der Waals surface area contributed by atoms with Crippen LogP contribution in [0.1, 0.15) is 0 Å². The summed E-state index contributed by atoms with van der Waals surface area (Å²) in [7, 11) is 0. The van der Waals surface area contributed by atoms with Gasteiger partial charge < -0.3 is 10.5 Å². The largest absolute Gasteiger partial charge is 0.378 e. The lowest BCUT2D eigenvalue weighted by Gasteiger charge is -2.38. The molecule has 0 spiro atoms. The van der Waals surface area contributed by atoms with Crippen molar-refractivity contribution in [2.24, 2.45) is 16.1 Å². The van der Waals surface area contributed by atoms with E-state index in [2.05, 4.69) is 20.9 Å². The summed E-state index contributed by atoms with van der Waals surface area (Å²) in [6.07, 6.45) is 5.62. The summed E-state index contributed by atoms with van der Waals surface area (Å²) in [4.78, 5) is 15.7. The molecule has 0 bridgehead atoms. The molecule has 0 atom stereocenters. The van der Waals surface area contributed by atoms with Crippen LogP contribution >= 0.6 is 15.9 Å². The molecule has 2 aliphatic heterocycles. The second kappa shape index (κ2) is 3.90. The van der Waals surface area contributed by atoms with Gasteiger partial charge in [-0.05, 0) is 18.2 Å². The summed E-state index contributed by atoms with van der Waals surface area (Å²) < 4.78 is 6.04. The fourth-order valence-corrected chi connectivity index (χ4v) is 1.82. The molecule has 80 valence electrons. The van der Waals surface area contributed by atoms with Crippen LogP contribution in [0, 0.1) is 5.41 Å². The number of nitrogens with two attached hydrogens (primary N) is 1. The van der Waals surface area contributed by atoms with Crippen LogP contribution in [-0.2, 0) is 9.53 Å². The number of carbonyl (C=O) groups is 1. The zero-order valence-corrected chi connectivity index (χ0v) is 9.66. The first-order chi connectivity index (χ1) is 7.15. The van der Waals surface area contributed by atoms with Crippen molar-refractivity contribution in [3.8, 4) is 0 Å². The Morgan fingerprint density at radius 1 is 1.53 bits per heavy atom. The fraction of sp³-hybridized carbons (Fsp3) is 0.400. The fourth-order valence-electron chi connectivity index (χ4n) is 1.54. The quantitative estimate of drug-likeness (QED) is 0.806. The van der Waals surface area contributed by atoms with E-state index < -0.39 is 5.41 Å². The van der Waals surface area contributed by atoms with E-state index in [1.807, 2.05) is 18.2 Å². The lowest BCUT2D eigenvalue weighted by Crippen LogP contribution is -2.57. The third-order valence-electron chi connectivity index (χ3n) is 2.61. The van der Waals surface area contributed by atoms with Gasteiger partial charge in [0.05, 0.1) is 25.5 Å². The van der Waals surface area contributed by atoms with Gasteiger partial charge >= 0.3 is 0 Å². The topological polar surface area (TPSA) is 64.7 Å². The van der Waals surface area contributed by atoms with Gasteiger partial charge in [0.25, 0.3) is 0 Å². The van der Waals surface area contributed by atoms with Crippen molar-refractivity contribution in [1.29, 1.82) is 0 Å². The van der Waals surface area contributed by atoms with Gasteiger partial charge in [-0.3, -0.25) is 9.79 Å². The molecule has 1 amide bonds. The Kier molecular flexibility index (Phi) is 2.75. The van der Waals surface area contributed by atoms with Crippen molar-refractivity contribution >= 4 is 27.5 Å². The first-order valence-corrected chi connectivity index (χ1v) is 5.41. The number of aliphatic imine (C=N–C) groups is 1. The highest BCUT2D eigenvalue weighted by molar-refractivity contribution is 9.11. The molecule has 0 unspecified atom stereocenters. The van der Waals surface area contributed by atoms with Gasteiger partial charge in [0.15, 0.2) is 0 Å². The van der Waals surface area contributed by atoms with E-state index in [-0.39, 0.29) is 5.91 Å². The van der Waals surface area contributed by atoms with Crippen LogP contribution in [0.2, 0.25) is 0 Å². The van der Waals surface area contributed by atoms with Gasteiger partial charge in [-0.25, -0.2) is 0 Å². The zero-order valence-electron chi connectivity index (χ0n) is 8.07. The van der Waals surface area contributed by atoms with E-state index >= 15 is 0 Å². The van der Waals surface area contributed by atoms with Crippen molar-refractivity contribution in [2.45, 2.75) is 0 Å². The van der Waals surface area contributed by atoms with Crippen molar-refractivity contribution < 1.29 is 9.53 Å². The monoisotopic (exact) mass is 270 g/mol. The third-order valence-corrected chi connectivity index (χ3v) is 3.20. The molecule has 0 aliphatic carbocycles. The number of halogens is 1. The number of ether oxygens (including phenoxy) is 1. The van der Waals surface area contributed by atoms with Crippen LogP contribution < -0.4 is 5.73 Å². The van der Waals surface area contributed by atoms with E-state index in [0.29, 0.717) is 25.5 Å². The molecule has 15 heavy (non-hydrogen) atoms. The lowest BCUT2D eigenvalue weighted by molar-refractivity contribution is -0.144. The van der Waals surface area contributed by atoms with E-state index in [9.17, 15) is 4.79 Å². The maximum absolute atomic E-state index is 11.4. The van der Waals surface area contributed by atoms with Crippen LogP contribution in [0.4, 0.5) is 0 Å². The van der Waals surface area contributed by atoms with E-state index in [1.54, 1.807) is 0 Å². The van der Waals surface area contributed by atoms with E-state index in [0.717, 1.165) is 4.48 Å². The average Bonchev–Trinajstić information content (AvgIpc) is 2.29. The number of rotatable bonds is 2. The molecule has 1 fully saturated rings. The molecule has 2 aliphatic rings. The van der Waals surface area contributed by atoms with Crippen LogP contribution in [0.15, 0.2) is 27.7 Å². The van der Waals surface area contributed by atoms with Crippen LogP contribution in [0.25, 0.3) is 0 Å². The number of primary amides is 1. The Balaban J connectivity index is 2.27. The molecule has 0 radical (unpaired) electrons. The highest BCUT2D eigenvalue weighted by Crippen LogP contribution is 2.30. The first-order valence-electron chi connectivity index (χ1n) is 4.61. The molecule has 2 N–H and O–H groups in total. The molecule has 0 aromatic rings. The summed E-state index contributed by atoms with van der Waals surface area (Å²) >= 11 is 3.36. The summed E-state index contributed by atoms with van der Waals surface area (Å²) in [5.74, 6) is -0.366. The lowest BCUT2D eigenvalue weighted by atomic mass is 9.79. The Morgan fingerprint density at radius 3 is 2.80 bits per heavy atom. The molecule has 0 aromatic heterocycles. The maximum Gasteiger partial charge on any atom is 0.234 e. The number of amides is 1. The minimum absolute atomic E-state index is 0.336. The van der Waals surface area contributed by atoms with Gasteiger partial charge in [-0.2, -0.15) is 0 Å². The second-order valence-corrected chi connectivity index (χ2v) is 4.50. The first kappa shape index (κ1) is 10.6. The normalized spacial score (nSPS) is 23.5. The molecule has 2 rings (SSSR count). The predicted molar refractivity (Wildman–Crippen MR) is 60.9 cm³/mol. The molecule has 2 heterocycles. The summed E-state index contributed by atoms with van der Waals surface area (Å²) in [6.45, 7) is 1.23. The molecular weight excluding hydrogens is 260 g/mol. The number of allylic oxidation sites excluding steroid dienone is 3. The van der Waals surface area contributed by atoms with Gasteiger partial charge in [0.2, 0.25) is 5.91 Å². The highest BCUT2D eigenvalue weighted by Gasteiger charge is 2.48. The standard InChI is InChI=1S/C10H11BrN2O2/c11-7-1-2-8(13-4-3-7)10(9(12)14)5-15-6-10/h1-3H,4-6H2,(H2,12,14). The molecular formula is C10H11BrN2O2. The number of hydrogen-bond donors (Lipinski definition) is 1.